The molecule has 12 heteroatoms. The van der Waals surface area contributed by atoms with Crippen LogP contribution in [0.3, 0.4) is 0 Å². The van der Waals surface area contributed by atoms with E-state index in [1.54, 1.807) is 11.0 Å². The van der Waals surface area contributed by atoms with Crippen LogP contribution >= 0.6 is 0 Å². The predicted molar refractivity (Wildman–Crippen MR) is 116 cm³/mol. The average Bonchev–Trinajstić information content (AvgIpc) is 3.05. The fraction of sp³-hybridized carbons (Fsp3) is 0.474. The molecule has 0 aromatic heterocycles. The molecule has 2 aliphatic rings. The molecule has 10 nitrogen and oxygen atoms in total. The van der Waals surface area contributed by atoms with Gasteiger partial charge in [0.25, 0.3) is 0 Å². The van der Waals surface area contributed by atoms with E-state index in [4.69, 9.17) is 0 Å². The number of urea groups is 1. The highest BCUT2D eigenvalue weighted by Crippen LogP contribution is 2.12. The van der Waals surface area contributed by atoms with E-state index < -0.39 is 37.8 Å². The number of benzene rings is 1. The van der Waals surface area contributed by atoms with Crippen molar-refractivity contribution in [3.63, 3.8) is 0 Å². The van der Waals surface area contributed by atoms with E-state index in [1.165, 1.54) is 9.71 Å². The van der Waals surface area contributed by atoms with E-state index in [-0.39, 0.29) is 31.1 Å². The fourth-order valence-electron chi connectivity index (χ4n) is 3.46. The van der Waals surface area contributed by atoms with Crippen LogP contribution in [0.15, 0.2) is 35.7 Å². The Labute approximate surface area is 182 Å². The molecule has 2 fully saturated rings. The first-order valence-electron chi connectivity index (χ1n) is 9.89. The maximum atomic E-state index is 12.5. The number of amides is 3. The van der Waals surface area contributed by atoms with Crippen LogP contribution in [0.1, 0.15) is 12.0 Å². The molecule has 0 radical (unpaired) electrons. The first-order chi connectivity index (χ1) is 14.6. The molecule has 0 bridgehead atoms. The van der Waals surface area contributed by atoms with Gasteiger partial charge in [-0.1, -0.05) is 30.3 Å². The van der Waals surface area contributed by atoms with Crippen LogP contribution in [0.2, 0.25) is 0 Å². The Morgan fingerprint density at radius 3 is 2.39 bits per heavy atom. The van der Waals surface area contributed by atoms with Gasteiger partial charge in [0.1, 0.15) is 0 Å². The van der Waals surface area contributed by atoms with Crippen LogP contribution in [0, 0.1) is 0 Å². The third kappa shape index (κ3) is 7.13. The van der Waals surface area contributed by atoms with Gasteiger partial charge in [0.05, 0.1) is 18.1 Å². The molecular weight excluding hydrogens is 444 g/mol. The van der Waals surface area contributed by atoms with Gasteiger partial charge in [-0.05, 0) is 18.1 Å². The summed E-state index contributed by atoms with van der Waals surface area (Å²) < 4.78 is 49.2. The molecule has 2 aliphatic heterocycles. The first-order valence-corrected chi connectivity index (χ1v) is 13.2. The molecule has 3 amide bonds. The highest BCUT2D eigenvalue weighted by atomic mass is 32.2. The lowest BCUT2D eigenvalue weighted by Gasteiger charge is -2.32. The molecule has 1 aromatic rings. The minimum atomic E-state index is -3.56. The molecule has 31 heavy (non-hydrogen) atoms. The van der Waals surface area contributed by atoms with Gasteiger partial charge in [-0.2, -0.15) is 4.31 Å². The standard InChI is InChI=1S/C19H26N4O6S2/c24-18(21-19(25)20-17-7-12-30(26,27)15-17)14-22-8-10-23(11-9-22)31(28,29)13-6-16-4-2-1-3-5-16/h1-6,13,17H,7-12,14-15H2,(H2,20,21,24,25). The Morgan fingerprint density at radius 2 is 1.77 bits per heavy atom. The number of sulfonamides is 1. The largest absolute Gasteiger partial charge is 0.334 e. The Bertz CT molecular complexity index is 1030. The van der Waals surface area contributed by atoms with E-state index in [1.807, 2.05) is 30.3 Å². The zero-order valence-electron chi connectivity index (χ0n) is 16.9. The number of imide groups is 1. The third-order valence-corrected chi connectivity index (χ3v) is 8.44. The van der Waals surface area contributed by atoms with Crippen LogP contribution in [0.25, 0.3) is 6.08 Å². The highest BCUT2D eigenvalue weighted by Gasteiger charge is 2.30. The van der Waals surface area contributed by atoms with Crippen molar-refractivity contribution >= 4 is 37.9 Å². The SMILES string of the molecule is O=C(CN1CCN(S(=O)(=O)C=Cc2ccccc2)CC1)NC(=O)NC1CCS(=O)(=O)C1. The van der Waals surface area contributed by atoms with Crippen LogP contribution in [-0.2, 0) is 24.7 Å². The maximum Gasteiger partial charge on any atom is 0.321 e. The van der Waals surface area contributed by atoms with E-state index >= 15 is 0 Å². The van der Waals surface area contributed by atoms with Crippen molar-refractivity contribution in [1.29, 1.82) is 0 Å². The van der Waals surface area contributed by atoms with Crippen molar-refractivity contribution in [2.24, 2.45) is 0 Å². The van der Waals surface area contributed by atoms with Crippen molar-refractivity contribution in [1.82, 2.24) is 19.8 Å². The van der Waals surface area contributed by atoms with Gasteiger partial charge in [-0.3, -0.25) is 15.0 Å². The summed E-state index contributed by atoms with van der Waals surface area (Å²) in [6, 6.07) is 7.91. The lowest BCUT2D eigenvalue weighted by atomic mass is 10.2. The van der Waals surface area contributed by atoms with Crippen LogP contribution in [-0.4, -0.2) is 88.3 Å². The second-order valence-electron chi connectivity index (χ2n) is 7.56. The molecule has 170 valence electrons. The van der Waals surface area contributed by atoms with Crippen molar-refractivity contribution < 1.29 is 26.4 Å². The van der Waals surface area contributed by atoms with Gasteiger partial charge in [-0.15, -0.1) is 0 Å². The quantitative estimate of drug-likeness (QED) is 0.579. The molecule has 2 heterocycles. The molecule has 0 aliphatic carbocycles. The summed E-state index contributed by atoms with van der Waals surface area (Å²) in [5, 5.41) is 5.87. The van der Waals surface area contributed by atoms with E-state index in [2.05, 4.69) is 10.6 Å². The number of carbonyl (C=O) groups excluding carboxylic acids is 2. The summed E-state index contributed by atoms with van der Waals surface area (Å²) in [5.41, 5.74) is 0.787. The van der Waals surface area contributed by atoms with Crippen molar-refractivity contribution in [2.75, 3.05) is 44.2 Å². The Balaban J connectivity index is 1.41. The van der Waals surface area contributed by atoms with Crippen LogP contribution in [0.5, 0.6) is 0 Å². The molecule has 3 rings (SSSR count). The normalized spacial score (nSPS) is 22.4. The van der Waals surface area contributed by atoms with E-state index in [9.17, 15) is 26.4 Å². The fourth-order valence-corrected chi connectivity index (χ4v) is 6.30. The number of carbonyl (C=O) groups is 2. The second kappa shape index (κ2) is 9.90. The zero-order valence-corrected chi connectivity index (χ0v) is 18.6. The van der Waals surface area contributed by atoms with Crippen molar-refractivity contribution in [3.05, 3.63) is 41.3 Å². The van der Waals surface area contributed by atoms with Crippen molar-refractivity contribution in [3.8, 4) is 0 Å². The Hall–Kier alpha value is -2.28. The summed E-state index contributed by atoms with van der Waals surface area (Å²) in [5.74, 6) is -0.623. The maximum absolute atomic E-state index is 12.5. The van der Waals surface area contributed by atoms with Gasteiger partial charge < -0.3 is 5.32 Å². The lowest BCUT2D eigenvalue weighted by molar-refractivity contribution is -0.121. The molecule has 0 saturated carbocycles. The monoisotopic (exact) mass is 470 g/mol. The smallest absolute Gasteiger partial charge is 0.321 e. The number of hydrogen-bond acceptors (Lipinski definition) is 7. The topological polar surface area (TPSA) is 133 Å². The molecule has 1 aromatic carbocycles. The zero-order chi connectivity index (χ0) is 22.5. The molecule has 1 atom stereocenters. The predicted octanol–water partition coefficient (Wildman–Crippen LogP) is -0.382. The Morgan fingerprint density at radius 1 is 1.10 bits per heavy atom. The van der Waals surface area contributed by atoms with Gasteiger partial charge >= 0.3 is 6.03 Å². The third-order valence-electron chi connectivity index (χ3n) is 5.11. The summed E-state index contributed by atoms with van der Waals surface area (Å²) in [7, 11) is -6.69. The van der Waals surface area contributed by atoms with Gasteiger partial charge in [0, 0.05) is 37.6 Å². The van der Waals surface area contributed by atoms with E-state index in [0.717, 1.165) is 5.56 Å². The number of hydrogen-bond donors (Lipinski definition) is 2. The minimum Gasteiger partial charge on any atom is -0.334 e. The minimum absolute atomic E-state index is 0.0274. The summed E-state index contributed by atoms with van der Waals surface area (Å²) in [4.78, 5) is 25.7. The van der Waals surface area contributed by atoms with Crippen LogP contribution in [0.4, 0.5) is 4.79 Å². The van der Waals surface area contributed by atoms with E-state index in [0.29, 0.717) is 19.5 Å². The second-order valence-corrected chi connectivity index (χ2v) is 11.6. The van der Waals surface area contributed by atoms with Gasteiger partial charge in [-0.25, -0.2) is 21.6 Å². The number of piperazine rings is 1. The van der Waals surface area contributed by atoms with Crippen molar-refractivity contribution in [2.45, 2.75) is 12.5 Å². The number of sulfone groups is 1. The summed E-state index contributed by atoms with van der Waals surface area (Å²) >= 11 is 0. The molecule has 0 spiro atoms. The summed E-state index contributed by atoms with van der Waals surface area (Å²) in [6.45, 7) is 1.13. The number of nitrogens with zero attached hydrogens (tertiary/aromatic N) is 2. The number of nitrogens with one attached hydrogen (secondary N) is 2. The van der Waals surface area contributed by atoms with Crippen LogP contribution < -0.4 is 10.6 Å². The molecule has 2 saturated heterocycles. The first kappa shape index (κ1) is 23.4. The molecular formula is C19H26N4O6S2. The highest BCUT2D eigenvalue weighted by molar-refractivity contribution is 7.92. The molecule has 1 unspecified atom stereocenters. The average molecular weight is 471 g/mol. The number of rotatable bonds is 6. The Kier molecular flexibility index (Phi) is 7.46. The lowest BCUT2D eigenvalue weighted by Crippen LogP contribution is -2.52. The molecule has 2 N–H and O–H groups in total. The van der Waals surface area contributed by atoms with Gasteiger partial charge in [0.2, 0.25) is 15.9 Å². The van der Waals surface area contributed by atoms with Gasteiger partial charge in [0.15, 0.2) is 9.84 Å². The summed E-state index contributed by atoms with van der Waals surface area (Å²) in [6.07, 6.45) is 1.88.